The first-order valence-corrected chi connectivity index (χ1v) is 4.74. The van der Waals surface area contributed by atoms with Gasteiger partial charge in [0, 0.05) is 18.1 Å². The van der Waals surface area contributed by atoms with Crippen LogP contribution in [0.15, 0.2) is 47.1 Å². The van der Waals surface area contributed by atoms with E-state index >= 15 is 0 Å². The molecule has 1 rings (SSSR count). The lowest BCUT2D eigenvalue weighted by molar-refractivity contribution is -0.133. The topological polar surface area (TPSA) is 87.7 Å². The number of furan rings is 1. The number of hydrogen-bond donors (Lipinski definition) is 2. The van der Waals surface area contributed by atoms with Crippen molar-refractivity contribution in [1.29, 1.82) is 0 Å². The summed E-state index contributed by atoms with van der Waals surface area (Å²) in [7, 11) is 0. The van der Waals surface area contributed by atoms with Gasteiger partial charge in [-0.05, 0) is 19.1 Å². The van der Waals surface area contributed by atoms with E-state index in [1.165, 1.54) is 6.92 Å². The van der Waals surface area contributed by atoms with E-state index in [0.717, 1.165) is 11.8 Å². The molecule has 5 heteroatoms. The van der Waals surface area contributed by atoms with Gasteiger partial charge in [-0.1, -0.05) is 12.7 Å². The van der Waals surface area contributed by atoms with Crippen molar-refractivity contribution < 1.29 is 24.2 Å². The van der Waals surface area contributed by atoms with Crippen LogP contribution < -0.4 is 0 Å². The first-order chi connectivity index (χ1) is 7.93. The summed E-state index contributed by atoms with van der Waals surface area (Å²) >= 11 is 0. The third-order valence-corrected chi connectivity index (χ3v) is 1.52. The number of hydrogen-bond acceptors (Lipinski definition) is 3. The molecule has 0 saturated carbocycles. The molecule has 0 aliphatic rings. The number of carbonyl (C=O) groups is 2. The van der Waals surface area contributed by atoms with Gasteiger partial charge in [0.15, 0.2) is 0 Å². The summed E-state index contributed by atoms with van der Waals surface area (Å²) in [6.07, 6.45) is 4.73. The van der Waals surface area contributed by atoms with Gasteiger partial charge >= 0.3 is 11.9 Å². The van der Waals surface area contributed by atoms with Crippen molar-refractivity contribution in [3.05, 3.63) is 48.5 Å². The highest BCUT2D eigenvalue weighted by atomic mass is 16.4. The van der Waals surface area contributed by atoms with Gasteiger partial charge in [0.05, 0.1) is 6.26 Å². The molecule has 1 heterocycles. The van der Waals surface area contributed by atoms with Crippen molar-refractivity contribution in [2.45, 2.75) is 13.3 Å². The Balaban J connectivity index is 0.000000366. The molecule has 0 amide bonds. The molecule has 0 fully saturated rings. The Bertz CT molecular complexity index is 389. The third kappa shape index (κ3) is 8.68. The van der Waals surface area contributed by atoms with Crippen LogP contribution in [0.3, 0.4) is 0 Å². The Morgan fingerprint density at radius 2 is 2.06 bits per heavy atom. The van der Waals surface area contributed by atoms with E-state index < -0.39 is 11.9 Å². The zero-order chi connectivity index (χ0) is 13.3. The van der Waals surface area contributed by atoms with E-state index in [2.05, 4.69) is 6.58 Å². The molecule has 0 atom stereocenters. The van der Waals surface area contributed by atoms with Crippen molar-refractivity contribution in [3.8, 4) is 0 Å². The Kier molecular flexibility index (Phi) is 6.85. The monoisotopic (exact) mass is 238 g/mol. The molecule has 0 spiro atoms. The highest BCUT2D eigenvalue weighted by Gasteiger charge is 1.91. The van der Waals surface area contributed by atoms with Gasteiger partial charge in [-0.25, -0.2) is 9.59 Å². The molecule has 0 aromatic carbocycles. The maximum atomic E-state index is 10.0. The summed E-state index contributed by atoms with van der Waals surface area (Å²) in [5.74, 6) is -1.10. The van der Waals surface area contributed by atoms with Crippen molar-refractivity contribution in [1.82, 2.24) is 0 Å². The Morgan fingerprint density at radius 1 is 1.47 bits per heavy atom. The van der Waals surface area contributed by atoms with Crippen LogP contribution >= 0.6 is 0 Å². The van der Waals surface area contributed by atoms with E-state index in [1.807, 2.05) is 0 Å². The van der Waals surface area contributed by atoms with E-state index in [9.17, 15) is 9.59 Å². The van der Waals surface area contributed by atoms with Crippen LogP contribution in [0.4, 0.5) is 0 Å². The molecule has 0 saturated heterocycles. The Labute approximate surface area is 98.7 Å². The van der Waals surface area contributed by atoms with Crippen molar-refractivity contribution >= 4 is 11.9 Å². The highest BCUT2D eigenvalue weighted by Crippen LogP contribution is 2.00. The maximum Gasteiger partial charge on any atom is 0.330 e. The van der Waals surface area contributed by atoms with Gasteiger partial charge in [-0.15, -0.1) is 0 Å². The Hall–Kier alpha value is -2.30. The first-order valence-electron chi connectivity index (χ1n) is 4.74. The molecule has 0 unspecified atom stereocenters. The summed E-state index contributed by atoms with van der Waals surface area (Å²) in [5, 5.41) is 16.1. The second kappa shape index (κ2) is 7.92. The molecule has 5 nitrogen and oxygen atoms in total. The van der Waals surface area contributed by atoms with E-state index in [-0.39, 0.29) is 5.57 Å². The van der Waals surface area contributed by atoms with E-state index in [4.69, 9.17) is 14.6 Å². The fourth-order valence-electron chi connectivity index (χ4n) is 0.705. The van der Waals surface area contributed by atoms with Crippen LogP contribution in [0.25, 0.3) is 0 Å². The zero-order valence-corrected chi connectivity index (χ0v) is 9.42. The lowest BCUT2D eigenvalue weighted by Crippen LogP contribution is -1.92. The molecule has 0 radical (unpaired) electrons. The minimum absolute atomic E-state index is 0.176. The second-order valence-corrected chi connectivity index (χ2v) is 3.11. The SMILES string of the molecule is C=C(C)C(=O)O.O=C(O)/C=C/Cc1ccco1. The molecular weight excluding hydrogens is 224 g/mol. The minimum Gasteiger partial charge on any atom is -0.478 e. The van der Waals surface area contributed by atoms with Crippen LogP contribution in [0, 0.1) is 0 Å². The lowest BCUT2D eigenvalue weighted by Gasteiger charge is -1.84. The van der Waals surface area contributed by atoms with Crippen LogP contribution in [0.1, 0.15) is 12.7 Å². The van der Waals surface area contributed by atoms with Crippen molar-refractivity contribution in [2.24, 2.45) is 0 Å². The highest BCUT2D eigenvalue weighted by molar-refractivity contribution is 5.84. The third-order valence-electron chi connectivity index (χ3n) is 1.52. The summed E-state index contributed by atoms with van der Waals surface area (Å²) in [5.41, 5.74) is 0.176. The fraction of sp³-hybridized carbons (Fsp3) is 0.167. The van der Waals surface area contributed by atoms with Gasteiger partial charge in [0.1, 0.15) is 5.76 Å². The average Bonchev–Trinajstić information content (AvgIpc) is 2.70. The normalized spacial score (nSPS) is 9.47. The maximum absolute atomic E-state index is 10.0. The Morgan fingerprint density at radius 3 is 2.41 bits per heavy atom. The minimum atomic E-state index is -0.935. The largest absolute Gasteiger partial charge is 0.478 e. The molecule has 0 aliphatic carbocycles. The van der Waals surface area contributed by atoms with Crippen LogP contribution in [-0.4, -0.2) is 22.2 Å². The number of rotatable bonds is 4. The first kappa shape index (κ1) is 14.7. The van der Waals surface area contributed by atoms with Crippen LogP contribution in [0.2, 0.25) is 0 Å². The van der Waals surface area contributed by atoms with Crippen LogP contribution in [-0.2, 0) is 16.0 Å². The van der Waals surface area contributed by atoms with E-state index in [0.29, 0.717) is 6.42 Å². The van der Waals surface area contributed by atoms with Gasteiger partial charge < -0.3 is 14.6 Å². The summed E-state index contributed by atoms with van der Waals surface area (Å²) in [6, 6.07) is 3.57. The number of carboxylic acid groups (broad SMARTS) is 2. The predicted molar refractivity (Wildman–Crippen MR) is 61.6 cm³/mol. The lowest BCUT2D eigenvalue weighted by atomic mass is 10.3. The number of carboxylic acids is 2. The molecular formula is C12H14O5. The smallest absolute Gasteiger partial charge is 0.330 e. The van der Waals surface area contributed by atoms with Crippen molar-refractivity contribution in [3.63, 3.8) is 0 Å². The molecule has 1 aromatic rings. The van der Waals surface area contributed by atoms with Gasteiger partial charge in [0.2, 0.25) is 0 Å². The standard InChI is InChI=1S/C8H8O3.C4H6O2/c9-8(10)5-1-3-7-4-2-6-11-7;1-3(2)4(5)6/h1-2,4-6H,3H2,(H,9,10);1H2,2H3,(H,5,6)/b5-1+;. The van der Waals surface area contributed by atoms with Gasteiger partial charge in [-0.2, -0.15) is 0 Å². The molecule has 0 aliphatic heterocycles. The summed E-state index contributed by atoms with van der Waals surface area (Å²) < 4.78 is 4.97. The summed E-state index contributed by atoms with van der Waals surface area (Å²) in [6.45, 7) is 4.60. The van der Waals surface area contributed by atoms with Gasteiger partial charge in [0.25, 0.3) is 0 Å². The summed E-state index contributed by atoms with van der Waals surface area (Å²) in [4.78, 5) is 19.6. The number of allylic oxidation sites excluding steroid dienone is 1. The van der Waals surface area contributed by atoms with Crippen LogP contribution in [0.5, 0.6) is 0 Å². The number of aliphatic carboxylic acids is 2. The molecule has 1 aromatic heterocycles. The quantitative estimate of drug-likeness (QED) is 0.784. The molecule has 92 valence electrons. The molecule has 17 heavy (non-hydrogen) atoms. The van der Waals surface area contributed by atoms with Crippen molar-refractivity contribution in [2.75, 3.05) is 0 Å². The fourth-order valence-corrected chi connectivity index (χ4v) is 0.705. The molecule has 2 N–H and O–H groups in total. The van der Waals surface area contributed by atoms with E-state index in [1.54, 1.807) is 24.5 Å². The second-order valence-electron chi connectivity index (χ2n) is 3.11. The van der Waals surface area contributed by atoms with Gasteiger partial charge in [-0.3, -0.25) is 0 Å². The predicted octanol–water partition coefficient (Wildman–Crippen LogP) is 2.11. The average molecular weight is 238 g/mol. The zero-order valence-electron chi connectivity index (χ0n) is 9.42. The molecule has 0 bridgehead atoms.